The van der Waals surface area contributed by atoms with Crippen LogP contribution in [0, 0.1) is 27.7 Å². The number of methoxy groups -OCH3 is 2. The molecule has 2 rings (SSSR count). The summed E-state index contributed by atoms with van der Waals surface area (Å²) in [5.41, 5.74) is 4.38. The van der Waals surface area contributed by atoms with E-state index in [1.165, 1.54) is 20.3 Å². The number of hydrogen-bond donors (Lipinski definition) is 1. The minimum atomic E-state index is -0.340. The van der Waals surface area contributed by atoms with Crippen molar-refractivity contribution in [3.8, 4) is 17.2 Å². The van der Waals surface area contributed by atoms with Crippen LogP contribution < -0.4 is 9.47 Å². The number of carbonyl (C=O) groups is 1. The van der Waals surface area contributed by atoms with Crippen molar-refractivity contribution in [1.82, 2.24) is 0 Å². The third-order valence-electron chi connectivity index (χ3n) is 4.28. The molecule has 0 saturated heterocycles. The quantitative estimate of drug-likeness (QED) is 0.441. The maximum absolute atomic E-state index is 12.8. The third-order valence-corrected chi connectivity index (χ3v) is 4.28. The zero-order valence-corrected chi connectivity index (χ0v) is 16.7. The Bertz CT molecular complexity index is 861. The molecule has 27 heavy (non-hydrogen) atoms. The number of ether oxygens (including phenoxy) is 3. The molecule has 0 spiro atoms. The van der Waals surface area contributed by atoms with Gasteiger partial charge in [-0.05, 0) is 39.3 Å². The van der Waals surface area contributed by atoms with Gasteiger partial charge in [-0.3, -0.25) is 4.79 Å². The number of rotatable bonds is 7. The maximum Gasteiger partial charge on any atom is 0.193 e. The van der Waals surface area contributed by atoms with Crippen LogP contribution in [0.3, 0.4) is 0 Å². The molecule has 0 aliphatic heterocycles. The van der Waals surface area contributed by atoms with Crippen molar-refractivity contribution in [1.29, 1.82) is 0 Å². The molecule has 0 amide bonds. The molecular formula is C22H26O5. The molecule has 2 aromatic carbocycles. The Morgan fingerprint density at radius 3 is 2.19 bits per heavy atom. The van der Waals surface area contributed by atoms with E-state index >= 15 is 0 Å². The van der Waals surface area contributed by atoms with Gasteiger partial charge in [0.25, 0.3) is 0 Å². The summed E-state index contributed by atoms with van der Waals surface area (Å²) in [4.78, 5) is 12.8. The summed E-state index contributed by atoms with van der Waals surface area (Å²) >= 11 is 0. The molecule has 144 valence electrons. The van der Waals surface area contributed by atoms with E-state index in [-0.39, 0.29) is 23.9 Å². The Morgan fingerprint density at radius 1 is 1.00 bits per heavy atom. The molecule has 0 aliphatic rings. The zero-order chi connectivity index (χ0) is 20.1. The molecule has 0 unspecified atom stereocenters. The summed E-state index contributed by atoms with van der Waals surface area (Å²) in [6, 6.07) is 6.05. The zero-order valence-electron chi connectivity index (χ0n) is 16.7. The first-order valence-electron chi connectivity index (χ1n) is 8.62. The Kier molecular flexibility index (Phi) is 6.64. The highest BCUT2D eigenvalue weighted by Crippen LogP contribution is 2.42. The molecule has 0 fully saturated rings. The van der Waals surface area contributed by atoms with Crippen LogP contribution in [0.2, 0.25) is 0 Å². The number of benzene rings is 2. The topological polar surface area (TPSA) is 65.0 Å². The number of allylic oxidation sites excluding steroid dienone is 1. The molecule has 0 aliphatic carbocycles. The lowest BCUT2D eigenvalue weighted by molar-refractivity contribution is 0.0497. The van der Waals surface area contributed by atoms with Gasteiger partial charge in [0.15, 0.2) is 12.6 Å². The number of carbonyl (C=O) groups excluding carboxylic acids is 1. The van der Waals surface area contributed by atoms with Gasteiger partial charge >= 0.3 is 0 Å². The molecule has 5 heteroatoms. The largest absolute Gasteiger partial charge is 0.507 e. The van der Waals surface area contributed by atoms with Gasteiger partial charge in [0.05, 0.1) is 7.11 Å². The number of phenolic OH excluding ortho intramolecular Hbond substituents is 1. The van der Waals surface area contributed by atoms with Crippen molar-refractivity contribution < 1.29 is 24.1 Å². The fourth-order valence-electron chi connectivity index (χ4n) is 3.15. The van der Waals surface area contributed by atoms with E-state index in [1.807, 2.05) is 26.0 Å². The predicted molar refractivity (Wildman–Crippen MR) is 106 cm³/mol. The van der Waals surface area contributed by atoms with Gasteiger partial charge in [-0.25, -0.2) is 0 Å². The lowest BCUT2D eigenvalue weighted by atomic mass is 9.98. The normalized spacial score (nSPS) is 11.0. The SMILES string of the molecule is COCOc1c(C)c(O)c(C(=O)C=Cc2cc(C)cc(C)c2)c(OC)c1C. The van der Waals surface area contributed by atoms with Crippen LogP contribution >= 0.6 is 0 Å². The average molecular weight is 370 g/mol. The Labute approximate surface area is 160 Å². The first-order chi connectivity index (χ1) is 12.8. The monoisotopic (exact) mass is 370 g/mol. The van der Waals surface area contributed by atoms with Crippen molar-refractivity contribution in [2.75, 3.05) is 21.0 Å². The Morgan fingerprint density at radius 2 is 1.63 bits per heavy atom. The van der Waals surface area contributed by atoms with E-state index in [4.69, 9.17) is 14.2 Å². The highest BCUT2D eigenvalue weighted by atomic mass is 16.7. The Hall–Kier alpha value is -2.79. The molecule has 0 atom stereocenters. The number of ketones is 1. The van der Waals surface area contributed by atoms with Gasteiger partial charge in [0.1, 0.15) is 22.8 Å². The highest BCUT2D eigenvalue weighted by Gasteiger charge is 2.24. The Balaban J connectivity index is 2.47. The van der Waals surface area contributed by atoms with E-state index in [2.05, 4.69) is 6.07 Å². The minimum Gasteiger partial charge on any atom is -0.507 e. The second-order valence-electron chi connectivity index (χ2n) is 6.51. The van der Waals surface area contributed by atoms with E-state index in [0.29, 0.717) is 22.6 Å². The van der Waals surface area contributed by atoms with Crippen LogP contribution in [0.15, 0.2) is 24.3 Å². The van der Waals surface area contributed by atoms with Crippen LogP contribution in [0.4, 0.5) is 0 Å². The second-order valence-corrected chi connectivity index (χ2v) is 6.51. The van der Waals surface area contributed by atoms with Gasteiger partial charge in [0.2, 0.25) is 0 Å². The van der Waals surface area contributed by atoms with Crippen LogP contribution in [0.5, 0.6) is 17.2 Å². The van der Waals surface area contributed by atoms with Gasteiger partial charge in [-0.15, -0.1) is 0 Å². The average Bonchev–Trinajstić information content (AvgIpc) is 2.61. The summed E-state index contributed by atoms with van der Waals surface area (Å²) in [5, 5.41) is 10.6. The fraction of sp³-hybridized carbons (Fsp3) is 0.318. The lowest BCUT2D eigenvalue weighted by Gasteiger charge is -2.19. The summed E-state index contributed by atoms with van der Waals surface area (Å²) in [6.45, 7) is 7.51. The van der Waals surface area contributed by atoms with Crippen LogP contribution in [0.25, 0.3) is 6.08 Å². The van der Waals surface area contributed by atoms with Gasteiger partial charge < -0.3 is 19.3 Å². The van der Waals surface area contributed by atoms with E-state index in [0.717, 1.165) is 16.7 Å². The van der Waals surface area contributed by atoms with Crippen molar-refractivity contribution in [2.45, 2.75) is 27.7 Å². The molecular weight excluding hydrogens is 344 g/mol. The molecule has 5 nitrogen and oxygen atoms in total. The minimum absolute atomic E-state index is 0.0319. The molecule has 1 N–H and O–H groups in total. The van der Waals surface area contributed by atoms with Crippen LogP contribution in [-0.4, -0.2) is 31.9 Å². The van der Waals surface area contributed by atoms with Gasteiger partial charge in [-0.2, -0.15) is 0 Å². The molecule has 2 aromatic rings. The lowest BCUT2D eigenvalue weighted by Crippen LogP contribution is -2.08. The standard InChI is InChI=1S/C22H26O5/c1-13-9-14(2)11-17(10-13)7-8-18(23)19-20(24)15(3)21(27-12-25-5)16(4)22(19)26-6/h7-11,24H,12H2,1-6H3. The summed E-state index contributed by atoms with van der Waals surface area (Å²) in [5.74, 6) is 0.243. The number of phenols is 1. The third kappa shape index (κ3) is 4.49. The number of aryl methyl sites for hydroxylation is 2. The fourth-order valence-corrected chi connectivity index (χ4v) is 3.15. The molecule has 0 radical (unpaired) electrons. The first kappa shape index (κ1) is 20.5. The van der Waals surface area contributed by atoms with Crippen molar-refractivity contribution in [3.05, 3.63) is 57.7 Å². The molecule has 0 aromatic heterocycles. The highest BCUT2D eigenvalue weighted by molar-refractivity contribution is 6.11. The smallest absolute Gasteiger partial charge is 0.193 e. The van der Waals surface area contributed by atoms with Crippen molar-refractivity contribution in [2.24, 2.45) is 0 Å². The first-order valence-corrected chi connectivity index (χ1v) is 8.62. The number of aromatic hydroxyl groups is 1. The van der Waals surface area contributed by atoms with Crippen molar-refractivity contribution in [3.63, 3.8) is 0 Å². The summed E-state index contributed by atoms with van der Waals surface area (Å²) in [6.07, 6.45) is 3.18. The summed E-state index contributed by atoms with van der Waals surface area (Å²) < 4.78 is 15.9. The van der Waals surface area contributed by atoms with Crippen LogP contribution in [0.1, 0.15) is 38.2 Å². The van der Waals surface area contributed by atoms with E-state index < -0.39 is 0 Å². The summed E-state index contributed by atoms with van der Waals surface area (Å²) in [7, 11) is 2.97. The van der Waals surface area contributed by atoms with Crippen LogP contribution in [-0.2, 0) is 4.74 Å². The molecule has 0 heterocycles. The molecule has 0 saturated carbocycles. The van der Waals surface area contributed by atoms with Gasteiger partial charge in [0, 0.05) is 18.2 Å². The molecule has 0 bridgehead atoms. The maximum atomic E-state index is 12.8. The van der Waals surface area contributed by atoms with E-state index in [1.54, 1.807) is 19.9 Å². The number of hydrogen-bond acceptors (Lipinski definition) is 5. The van der Waals surface area contributed by atoms with Crippen molar-refractivity contribution >= 4 is 11.9 Å². The predicted octanol–water partition coefficient (Wildman–Crippen LogP) is 4.51. The second kappa shape index (κ2) is 8.73. The van der Waals surface area contributed by atoms with E-state index in [9.17, 15) is 9.90 Å². The van der Waals surface area contributed by atoms with Gasteiger partial charge in [-0.1, -0.05) is 35.4 Å².